The third kappa shape index (κ3) is 7.84. The molecule has 1 N–H and O–H groups in total. The van der Waals surface area contributed by atoms with Crippen molar-refractivity contribution in [3.8, 4) is 5.75 Å². The highest BCUT2D eigenvalue weighted by molar-refractivity contribution is 5.33. The maximum Gasteiger partial charge on any atom is 0.165 e. The Morgan fingerprint density at radius 1 is 1.03 bits per heavy atom. The average Bonchev–Trinajstić information content (AvgIpc) is 2.80. The summed E-state index contributed by atoms with van der Waals surface area (Å²) in [5.41, 5.74) is 1.50. The van der Waals surface area contributed by atoms with Crippen molar-refractivity contribution in [1.82, 2.24) is 0 Å². The van der Waals surface area contributed by atoms with Crippen LogP contribution in [-0.2, 0) is 6.42 Å². The normalized spacial score (nSPS) is 22.4. The van der Waals surface area contributed by atoms with Gasteiger partial charge in [-0.2, -0.15) is 0 Å². The van der Waals surface area contributed by atoms with Gasteiger partial charge in [0, 0.05) is 6.42 Å². The van der Waals surface area contributed by atoms with E-state index in [4.69, 9.17) is 4.74 Å². The Balaban J connectivity index is 1.53. The van der Waals surface area contributed by atoms with E-state index in [0.717, 1.165) is 63.4 Å². The van der Waals surface area contributed by atoms with E-state index in [1.807, 2.05) is 19.1 Å². The number of aliphatic hydroxyl groups is 1. The Morgan fingerprint density at radius 2 is 1.82 bits per heavy atom. The van der Waals surface area contributed by atoms with E-state index in [-0.39, 0.29) is 5.82 Å². The summed E-state index contributed by atoms with van der Waals surface area (Å²) in [6, 6.07) is 15.6. The number of ether oxygens (including phenoxy) is 1. The Bertz CT molecular complexity index is 801. The van der Waals surface area contributed by atoms with Crippen molar-refractivity contribution < 1.29 is 14.2 Å². The van der Waals surface area contributed by atoms with E-state index in [1.54, 1.807) is 6.07 Å². The van der Waals surface area contributed by atoms with Gasteiger partial charge in [0.15, 0.2) is 11.6 Å². The van der Waals surface area contributed by atoms with Gasteiger partial charge in [-0.15, -0.1) is 0 Å². The second-order valence-electron chi connectivity index (χ2n) is 10.2. The molecule has 0 radical (unpaired) electrons. The predicted octanol–water partition coefficient (Wildman–Crippen LogP) is 8.04. The summed E-state index contributed by atoms with van der Waals surface area (Å²) in [6.45, 7) is 4.72. The molecule has 0 bridgehead atoms. The molecule has 1 aliphatic carbocycles. The van der Waals surface area contributed by atoms with Gasteiger partial charge in [0.25, 0.3) is 0 Å². The largest absolute Gasteiger partial charge is 0.490 e. The fourth-order valence-corrected chi connectivity index (χ4v) is 5.57. The van der Waals surface area contributed by atoms with Gasteiger partial charge in [-0.3, -0.25) is 0 Å². The number of halogens is 1. The number of hydrogen-bond acceptors (Lipinski definition) is 2. The molecule has 3 unspecified atom stereocenters. The molecule has 0 amide bonds. The summed E-state index contributed by atoms with van der Waals surface area (Å²) in [5.74, 6) is 1.10. The van der Waals surface area contributed by atoms with Gasteiger partial charge in [-0.05, 0) is 68.1 Å². The molecule has 0 aromatic heterocycles. The van der Waals surface area contributed by atoms with Crippen molar-refractivity contribution in [2.24, 2.45) is 11.8 Å². The first-order valence-electron chi connectivity index (χ1n) is 13.2. The quantitative estimate of drug-likeness (QED) is 0.348. The first-order valence-corrected chi connectivity index (χ1v) is 13.2. The van der Waals surface area contributed by atoms with Crippen molar-refractivity contribution in [3.63, 3.8) is 0 Å². The fourth-order valence-electron chi connectivity index (χ4n) is 5.57. The van der Waals surface area contributed by atoms with Crippen LogP contribution in [0.4, 0.5) is 4.39 Å². The topological polar surface area (TPSA) is 29.5 Å². The standard InChI is InChI=1S/C30H43FO2/c1-3-25(15-10-12-21-33-29-24(2)14-13-19-28(29)31)22-27-18-9-4-5-11-20-30(27,32)23-26-16-7-6-8-17-26/h6-8,13-14,16-17,19,25,27,32H,3-5,9-12,15,18,20-23H2,1-2H3. The van der Waals surface area contributed by atoms with Gasteiger partial charge in [-0.1, -0.05) is 87.9 Å². The molecule has 182 valence electrons. The summed E-state index contributed by atoms with van der Waals surface area (Å²) in [7, 11) is 0. The second kappa shape index (κ2) is 13.1. The minimum absolute atomic E-state index is 0.275. The van der Waals surface area contributed by atoms with Crippen molar-refractivity contribution in [2.75, 3.05) is 6.61 Å². The third-order valence-electron chi connectivity index (χ3n) is 7.64. The van der Waals surface area contributed by atoms with Crippen LogP contribution in [0.5, 0.6) is 5.75 Å². The zero-order chi connectivity index (χ0) is 23.5. The van der Waals surface area contributed by atoms with E-state index in [1.165, 1.54) is 30.9 Å². The molecular formula is C30H43FO2. The lowest BCUT2D eigenvalue weighted by Gasteiger charge is -2.40. The molecule has 0 heterocycles. The van der Waals surface area contributed by atoms with Crippen molar-refractivity contribution in [1.29, 1.82) is 0 Å². The fraction of sp³-hybridized carbons (Fsp3) is 0.600. The number of para-hydroxylation sites is 1. The zero-order valence-electron chi connectivity index (χ0n) is 20.7. The summed E-state index contributed by atoms with van der Waals surface area (Å²) in [6.07, 6.45) is 13.1. The Kier molecular flexibility index (Phi) is 10.2. The first-order chi connectivity index (χ1) is 16.0. The highest BCUT2D eigenvalue weighted by Crippen LogP contribution is 2.39. The maximum atomic E-state index is 13.9. The van der Waals surface area contributed by atoms with Crippen LogP contribution in [0, 0.1) is 24.6 Å². The van der Waals surface area contributed by atoms with Crippen LogP contribution >= 0.6 is 0 Å². The summed E-state index contributed by atoms with van der Waals surface area (Å²) in [5, 5.41) is 11.9. The molecule has 1 fully saturated rings. The molecule has 0 aliphatic heterocycles. The van der Waals surface area contributed by atoms with E-state index in [0.29, 0.717) is 24.2 Å². The van der Waals surface area contributed by atoms with Crippen LogP contribution in [-0.4, -0.2) is 17.3 Å². The van der Waals surface area contributed by atoms with Crippen LogP contribution in [0.1, 0.15) is 88.7 Å². The number of aryl methyl sites for hydroxylation is 1. The number of hydrogen-bond donors (Lipinski definition) is 1. The van der Waals surface area contributed by atoms with Crippen molar-refractivity contribution in [2.45, 2.75) is 96.5 Å². The number of benzene rings is 2. The SMILES string of the molecule is CCC(CCCCOc1c(C)cccc1F)CC1CCCCCCC1(O)Cc1ccccc1. The molecule has 3 rings (SSSR count). The van der Waals surface area contributed by atoms with Crippen LogP contribution in [0.25, 0.3) is 0 Å². The molecule has 2 aromatic carbocycles. The third-order valence-corrected chi connectivity index (χ3v) is 7.64. The highest BCUT2D eigenvalue weighted by Gasteiger charge is 2.37. The van der Waals surface area contributed by atoms with E-state index in [2.05, 4.69) is 31.2 Å². The van der Waals surface area contributed by atoms with Crippen LogP contribution < -0.4 is 4.74 Å². The molecule has 1 aliphatic rings. The van der Waals surface area contributed by atoms with E-state index >= 15 is 0 Å². The highest BCUT2D eigenvalue weighted by atomic mass is 19.1. The average molecular weight is 455 g/mol. The molecule has 3 heteroatoms. The van der Waals surface area contributed by atoms with Crippen molar-refractivity contribution >= 4 is 0 Å². The second-order valence-corrected chi connectivity index (χ2v) is 10.2. The van der Waals surface area contributed by atoms with Gasteiger partial charge in [-0.25, -0.2) is 4.39 Å². The summed E-state index contributed by atoms with van der Waals surface area (Å²) < 4.78 is 19.7. The molecule has 2 aromatic rings. The van der Waals surface area contributed by atoms with Crippen LogP contribution in [0.15, 0.2) is 48.5 Å². The summed E-state index contributed by atoms with van der Waals surface area (Å²) >= 11 is 0. The molecule has 2 nitrogen and oxygen atoms in total. The molecule has 0 spiro atoms. The number of unbranched alkanes of at least 4 members (excludes halogenated alkanes) is 1. The van der Waals surface area contributed by atoms with E-state index < -0.39 is 5.60 Å². The predicted molar refractivity (Wildman–Crippen MR) is 135 cm³/mol. The smallest absolute Gasteiger partial charge is 0.165 e. The monoisotopic (exact) mass is 454 g/mol. The Labute approximate surface area is 200 Å². The zero-order valence-corrected chi connectivity index (χ0v) is 20.7. The van der Waals surface area contributed by atoms with Crippen molar-refractivity contribution in [3.05, 3.63) is 65.5 Å². The maximum absolute atomic E-state index is 13.9. The molecule has 3 atom stereocenters. The lowest BCUT2D eigenvalue weighted by Crippen LogP contribution is -2.42. The van der Waals surface area contributed by atoms with Crippen LogP contribution in [0.3, 0.4) is 0 Å². The van der Waals surface area contributed by atoms with Gasteiger partial charge in [0.05, 0.1) is 12.2 Å². The molecule has 0 saturated heterocycles. The molecule has 1 saturated carbocycles. The Hall–Kier alpha value is -1.87. The molecule has 33 heavy (non-hydrogen) atoms. The van der Waals surface area contributed by atoms with Gasteiger partial charge in [0.2, 0.25) is 0 Å². The minimum Gasteiger partial charge on any atom is -0.490 e. The lowest BCUT2D eigenvalue weighted by molar-refractivity contribution is -0.0457. The van der Waals surface area contributed by atoms with Gasteiger partial charge >= 0.3 is 0 Å². The van der Waals surface area contributed by atoms with Gasteiger partial charge in [0.1, 0.15) is 0 Å². The van der Waals surface area contributed by atoms with E-state index in [9.17, 15) is 9.50 Å². The Morgan fingerprint density at radius 3 is 2.58 bits per heavy atom. The van der Waals surface area contributed by atoms with Crippen LogP contribution in [0.2, 0.25) is 0 Å². The minimum atomic E-state index is -0.597. The lowest BCUT2D eigenvalue weighted by atomic mass is 9.70. The number of rotatable bonds is 11. The van der Waals surface area contributed by atoms with Gasteiger partial charge < -0.3 is 9.84 Å². The summed E-state index contributed by atoms with van der Waals surface area (Å²) in [4.78, 5) is 0. The first kappa shape index (κ1) is 25.7. The molecular weight excluding hydrogens is 411 g/mol.